The molecular formula is C64H82N4O14. The number of hydrogen-bond acceptors (Lipinski definition) is 16. The van der Waals surface area contributed by atoms with Crippen molar-refractivity contribution >= 4 is 23.8 Å². The number of aliphatic hydroxyl groups is 6. The third kappa shape index (κ3) is 13.7. The van der Waals surface area contributed by atoms with E-state index in [-0.39, 0.29) is 49.9 Å². The van der Waals surface area contributed by atoms with Crippen molar-refractivity contribution in [3.8, 4) is 11.5 Å². The molecule has 2 amide bonds. The van der Waals surface area contributed by atoms with Gasteiger partial charge in [0, 0.05) is 58.5 Å². The van der Waals surface area contributed by atoms with E-state index in [0.717, 1.165) is 88.2 Å². The minimum atomic E-state index is -2.53. The molecular weight excluding hydrogens is 1050 g/mol. The lowest BCUT2D eigenvalue weighted by Gasteiger charge is -2.57. The van der Waals surface area contributed by atoms with Gasteiger partial charge in [-0.25, -0.2) is 9.59 Å². The molecule has 0 aliphatic heterocycles. The summed E-state index contributed by atoms with van der Waals surface area (Å²) in [5.41, 5.74) is 2.72. The predicted octanol–water partition coefficient (Wildman–Crippen LogP) is 5.35. The molecule has 12 N–H and O–H groups in total. The maximum atomic E-state index is 14.7. The van der Waals surface area contributed by atoms with Gasteiger partial charge in [0.2, 0.25) is 12.2 Å². The number of amides is 2. The van der Waals surface area contributed by atoms with E-state index in [9.17, 15) is 60.0 Å². The van der Waals surface area contributed by atoms with Crippen LogP contribution >= 0.6 is 0 Å². The fourth-order valence-corrected chi connectivity index (χ4v) is 15.7. The highest BCUT2D eigenvalue weighted by atomic mass is 16.6. The molecule has 8 fully saturated rings. The van der Waals surface area contributed by atoms with Crippen molar-refractivity contribution in [3.63, 3.8) is 0 Å². The van der Waals surface area contributed by atoms with Crippen LogP contribution in [0.5, 0.6) is 11.5 Å². The molecule has 18 heteroatoms. The van der Waals surface area contributed by atoms with Gasteiger partial charge in [0.1, 0.15) is 11.5 Å². The Hall–Kier alpha value is -5.96. The van der Waals surface area contributed by atoms with E-state index in [1.165, 1.54) is 12.1 Å². The van der Waals surface area contributed by atoms with E-state index < -0.39 is 71.5 Å². The SMILES string of the molecule is C[C@H](Cc1cccc(C(OC(=O)C(O)C(O)C(=O)OC(C(=O)NC23CC4CC(CC(C4)C2)C3)c2cccc(C[C@@H](C)NC[C@H](O)c3ccc(O)c(CO)c3)c2)C(=O)NC23CC4CC(CC(C4)C2)C3)c1)NC[C@H](O)c1ccc(O)c(CO)c1. The number of rotatable bonds is 25. The second kappa shape index (κ2) is 25.1. The van der Waals surface area contributed by atoms with Crippen LogP contribution in [0.1, 0.15) is 160 Å². The fraction of sp³-hybridized carbons (Fsp3) is 0.562. The fourth-order valence-electron chi connectivity index (χ4n) is 15.7. The van der Waals surface area contributed by atoms with Crippen LogP contribution in [0, 0.1) is 35.5 Å². The summed E-state index contributed by atoms with van der Waals surface area (Å²) in [6.45, 7) is 3.36. The van der Waals surface area contributed by atoms with Gasteiger partial charge in [0.05, 0.1) is 25.4 Å². The van der Waals surface area contributed by atoms with Crippen LogP contribution in [0.15, 0.2) is 84.9 Å². The zero-order valence-corrected chi connectivity index (χ0v) is 46.9. The van der Waals surface area contributed by atoms with Gasteiger partial charge >= 0.3 is 11.9 Å². The van der Waals surface area contributed by atoms with Crippen LogP contribution in [0.2, 0.25) is 0 Å². The molecule has 8 atom stereocenters. The number of nitrogens with one attached hydrogen (secondary N) is 4. The maximum absolute atomic E-state index is 14.7. The Kier molecular flexibility index (Phi) is 18.1. The smallest absolute Gasteiger partial charge is 0.339 e. The second-order valence-corrected chi connectivity index (χ2v) is 25.5. The molecule has 4 unspecified atom stereocenters. The van der Waals surface area contributed by atoms with Crippen LogP contribution in [-0.2, 0) is 54.7 Å². The van der Waals surface area contributed by atoms with Gasteiger partial charge in [-0.15, -0.1) is 0 Å². The Morgan fingerprint density at radius 2 is 0.841 bits per heavy atom. The van der Waals surface area contributed by atoms with Crippen molar-refractivity contribution in [2.45, 2.75) is 177 Å². The first-order valence-corrected chi connectivity index (χ1v) is 29.5. The summed E-state index contributed by atoms with van der Waals surface area (Å²) >= 11 is 0. The Labute approximate surface area is 479 Å². The first-order valence-electron chi connectivity index (χ1n) is 29.5. The van der Waals surface area contributed by atoms with E-state index in [2.05, 4.69) is 21.3 Å². The molecule has 4 aromatic rings. The van der Waals surface area contributed by atoms with Gasteiger partial charge in [-0.1, -0.05) is 60.7 Å². The van der Waals surface area contributed by atoms with E-state index in [1.54, 1.807) is 60.7 Å². The molecule has 0 spiro atoms. The Bertz CT molecular complexity index is 2690. The largest absolute Gasteiger partial charge is 0.508 e. The number of benzene rings is 4. The normalized spacial score (nSPS) is 27.8. The zero-order chi connectivity index (χ0) is 58.0. The van der Waals surface area contributed by atoms with Gasteiger partial charge in [-0.05, 0) is 186 Å². The van der Waals surface area contributed by atoms with E-state index in [4.69, 9.17) is 9.47 Å². The minimum absolute atomic E-state index is 0.0708. The molecule has 4 aromatic carbocycles. The molecule has 8 aliphatic rings. The summed E-state index contributed by atoms with van der Waals surface area (Å²) in [7, 11) is 0. The average molecular weight is 1130 g/mol. The molecule has 18 nitrogen and oxygen atoms in total. The van der Waals surface area contributed by atoms with E-state index >= 15 is 0 Å². The van der Waals surface area contributed by atoms with Gasteiger partial charge in [-0.3, -0.25) is 9.59 Å². The van der Waals surface area contributed by atoms with Crippen molar-refractivity contribution in [2.24, 2.45) is 35.5 Å². The van der Waals surface area contributed by atoms with Crippen molar-refractivity contribution in [3.05, 3.63) is 129 Å². The lowest BCUT2D eigenvalue weighted by molar-refractivity contribution is -0.182. The second-order valence-electron chi connectivity index (χ2n) is 25.5. The van der Waals surface area contributed by atoms with Crippen LogP contribution < -0.4 is 21.3 Å². The molecule has 8 saturated carbocycles. The Balaban J connectivity index is 0.840. The van der Waals surface area contributed by atoms with Gasteiger partial charge < -0.3 is 71.6 Å². The number of esters is 2. The number of aromatic hydroxyl groups is 2. The summed E-state index contributed by atoms with van der Waals surface area (Å²) in [5, 5.41) is 97.4. The first-order chi connectivity index (χ1) is 39.2. The third-order valence-corrected chi connectivity index (χ3v) is 18.8. The number of carbonyl (C=O) groups excluding carboxylic acids is 4. The van der Waals surface area contributed by atoms with E-state index in [0.29, 0.717) is 81.7 Å². The molecule has 0 heterocycles. The lowest BCUT2D eigenvalue weighted by Crippen LogP contribution is -2.60. The predicted molar refractivity (Wildman–Crippen MR) is 301 cm³/mol. The molecule has 8 bridgehead atoms. The zero-order valence-electron chi connectivity index (χ0n) is 46.9. The lowest BCUT2D eigenvalue weighted by atomic mass is 9.53. The molecule has 8 aliphatic carbocycles. The quantitative estimate of drug-likeness (QED) is 0.0372. The first kappa shape index (κ1) is 59.2. The molecule has 0 radical (unpaired) electrons. The highest BCUT2D eigenvalue weighted by Crippen LogP contribution is 2.57. The number of carbonyl (C=O) groups is 4. The van der Waals surface area contributed by atoms with Crippen LogP contribution in [0.4, 0.5) is 0 Å². The van der Waals surface area contributed by atoms with Crippen molar-refractivity contribution in [2.75, 3.05) is 13.1 Å². The summed E-state index contributed by atoms with van der Waals surface area (Å²) in [5.74, 6) is -1.39. The summed E-state index contributed by atoms with van der Waals surface area (Å²) < 4.78 is 11.8. The summed E-state index contributed by atoms with van der Waals surface area (Å²) in [6.07, 6.45) is 2.19. The number of aliphatic hydroxyl groups excluding tert-OH is 6. The van der Waals surface area contributed by atoms with Crippen molar-refractivity contribution in [1.29, 1.82) is 0 Å². The van der Waals surface area contributed by atoms with E-state index in [1.807, 2.05) is 26.0 Å². The van der Waals surface area contributed by atoms with Crippen LogP contribution in [0.25, 0.3) is 0 Å². The average Bonchev–Trinajstić information content (AvgIpc) is 2.96. The molecule has 12 rings (SSSR count). The topological polar surface area (TPSA) is 297 Å². The number of ether oxygens (including phenoxy) is 2. The maximum Gasteiger partial charge on any atom is 0.339 e. The number of hydrogen-bond donors (Lipinski definition) is 12. The van der Waals surface area contributed by atoms with Crippen LogP contribution in [-0.4, -0.2) is 113 Å². The van der Waals surface area contributed by atoms with Gasteiger partial charge in [0.25, 0.3) is 11.8 Å². The number of phenols is 2. The highest BCUT2D eigenvalue weighted by Gasteiger charge is 2.54. The van der Waals surface area contributed by atoms with Gasteiger partial charge in [-0.2, -0.15) is 0 Å². The standard InChI is InChI=1S/C64H82N4O14/c1-35(65-31-53(73)45-9-11-51(71)49(23-45)33-69)13-37-5-3-7-47(21-37)57(59(77)67-63-25-39-15-40(26-63)17-41(16-39)27-63)81-61(79)55(75)56(76)62(80)82-58(60(78)68-64-28-42-18-43(29-64)20-44(19-42)30-64)48-8-4-6-38(22-48)14-36(2)66-32-54(74)46-10-12-52(72)50(24-46)34-70/h3-12,21-24,35-36,39-44,53-58,65-66,69-76H,13-20,25-34H2,1-2H3,(H,67,77)(H,68,78)/t35-,36-,39?,40?,41?,42?,43?,44?,53+,54+,55?,56?,57?,58?,63?,64?/m1/s1. The summed E-state index contributed by atoms with van der Waals surface area (Å²) in [4.78, 5) is 57.8. The molecule has 82 heavy (non-hydrogen) atoms. The monoisotopic (exact) mass is 1130 g/mol. The van der Waals surface area contributed by atoms with Crippen LogP contribution in [0.3, 0.4) is 0 Å². The molecule has 442 valence electrons. The van der Waals surface area contributed by atoms with Gasteiger partial charge in [0.15, 0.2) is 12.2 Å². The van der Waals surface area contributed by atoms with Crippen molar-refractivity contribution < 1.29 is 69.5 Å². The minimum Gasteiger partial charge on any atom is -0.508 e. The summed E-state index contributed by atoms with van der Waals surface area (Å²) in [6, 6.07) is 22.5. The van der Waals surface area contributed by atoms with Crippen molar-refractivity contribution in [1.82, 2.24) is 21.3 Å². The third-order valence-electron chi connectivity index (χ3n) is 18.8. The Morgan fingerprint density at radius 1 is 0.500 bits per heavy atom. The Morgan fingerprint density at radius 3 is 1.17 bits per heavy atom. The highest BCUT2D eigenvalue weighted by molar-refractivity contribution is 5.91. The molecule has 0 aromatic heterocycles. The molecule has 0 saturated heterocycles.